The van der Waals surface area contributed by atoms with Gasteiger partial charge in [0.15, 0.2) is 11.6 Å². The first-order valence-corrected chi connectivity index (χ1v) is 10.4. The molecule has 31 heavy (non-hydrogen) atoms. The number of amides is 1. The van der Waals surface area contributed by atoms with Crippen molar-refractivity contribution in [1.82, 2.24) is 24.7 Å². The van der Waals surface area contributed by atoms with Crippen LogP contribution in [0.4, 0.5) is 11.6 Å². The first-order valence-electron chi connectivity index (χ1n) is 10.0. The largest absolute Gasteiger partial charge is 0.381 e. The maximum absolute atomic E-state index is 12.5. The van der Waals surface area contributed by atoms with Crippen molar-refractivity contribution < 1.29 is 4.79 Å². The number of pyridine rings is 1. The van der Waals surface area contributed by atoms with E-state index < -0.39 is 0 Å². The Kier molecular flexibility index (Phi) is 4.78. The second kappa shape index (κ2) is 7.63. The number of aromatic nitrogens is 5. The third kappa shape index (κ3) is 3.59. The Morgan fingerprint density at radius 3 is 2.77 bits per heavy atom. The Morgan fingerprint density at radius 1 is 1.23 bits per heavy atom. The lowest BCUT2D eigenvalue weighted by atomic mass is 9.85. The summed E-state index contributed by atoms with van der Waals surface area (Å²) in [6.07, 6.45) is 6.34. The second-order valence-corrected chi connectivity index (χ2v) is 8.09. The molecule has 0 aliphatic heterocycles. The van der Waals surface area contributed by atoms with E-state index in [1.165, 1.54) is 0 Å². The summed E-state index contributed by atoms with van der Waals surface area (Å²) >= 11 is 6.51. The average molecular weight is 434 g/mol. The summed E-state index contributed by atoms with van der Waals surface area (Å²) in [6.45, 7) is 0. The molecule has 0 unspecified atom stereocenters. The lowest BCUT2D eigenvalue weighted by Gasteiger charge is -2.24. The standard InChI is InChI=1S/C22H20ClN7O/c1-30-9-7-16(29-30)19-18(14-10-13-6-3-8-25-17(13)15(23)11-14)27-21(20(24)26-19)28-22(31)12-4-2-5-12/h3,6-12H,2,4-5H2,1H3,(H2,24,26)(H,27,28,31). The molecule has 0 radical (unpaired) electrons. The lowest BCUT2D eigenvalue weighted by Crippen LogP contribution is -2.29. The minimum atomic E-state index is -0.0791. The first kappa shape index (κ1) is 19.4. The van der Waals surface area contributed by atoms with Crippen LogP contribution in [0.1, 0.15) is 19.3 Å². The fraction of sp³-hybridized carbons (Fsp3) is 0.227. The number of hydrogen-bond acceptors (Lipinski definition) is 6. The Bertz CT molecular complexity index is 1310. The van der Waals surface area contributed by atoms with Gasteiger partial charge in [-0.05, 0) is 37.1 Å². The maximum atomic E-state index is 12.5. The summed E-state index contributed by atoms with van der Waals surface area (Å²) < 4.78 is 1.68. The van der Waals surface area contributed by atoms with Crippen LogP contribution in [-0.2, 0) is 11.8 Å². The Balaban J connectivity index is 1.67. The molecule has 8 nitrogen and oxygen atoms in total. The van der Waals surface area contributed by atoms with Gasteiger partial charge in [-0.15, -0.1) is 0 Å². The van der Waals surface area contributed by atoms with Crippen LogP contribution in [0.25, 0.3) is 33.5 Å². The molecule has 1 aliphatic rings. The minimum absolute atomic E-state index is 0.00121. The van der Waals surface area contributed by atoms with Gasteiger partial charge in [0.25, 0.3) is 0 Å². The van der Waals surface area contributed by atoms with Crippen molar-refractivity contribution in [2.45, 2.75) is 19.3 Å². The van der Waals surface area contributed by atoms with Crippen LogP contribution in [0, 0.1) is 5.92 Å². The first-order chi connectivity index (χ1) is 15.0. The van der Waals surface area contributed by atoms with Crippen molar-refractivity contribution in [3.05, 3.63) is 47.7 Å². The molecule has 1 aliphatic carbocycles. The average Bonchev–Trinajstić information content (AvgIpc) is 3.14. The molecule has 5 rings (SSSR count). The molecular weight excluding hydrogens is 414 g/mol. The predicted octanol–water partition coefficient (Wildman–Crippen LogP) is 4.07. The number of benzene rings is 1. The molecule has 0 spiro atoms. The van der Waals surface area contributed by atoms with Gasteiger partial charge in [-0.1, -0.05) is 24.1 Å². The number of nitrogens with one attached hydrogen (secondary N) is 1. The molecule has 0 saturated heterocycles. The molecule has 156 valence electrons. The molecule has 0 atom stereocenters. The van der Waals surface area contributed by atoms with Gasteiger partial charge in [0, 0.05) is 36.3 Å². The zero-order valence-corrected chi connectivity index (χ0v) is 17.6. The van der Waals surface area contributed by atoms with Gasteiger partial charge in [-0.25, -0.2) is 9.97 Å². The van der Waals surface area contributed by atoms with E-state index in [1.807, 2.05) is 37.5 Å². The lowest BCUT2D eigenvalue weighted by molar-refractivity contribution is -0.122. The number of fused-ring (bicyclic) bond motifs is 1. The molecule has 1 amide bonds. The van der Waals surface area contributed by atoms with E-state index in [9.17, 15) is 4.79 Å². The number of nitrogens with zero attached hydrogens (tertiary/aromatic N) is 5. The number of aryl methyl sites for hydroxylation is 1. The zero-order chi connectivity index (χ0) is 21.5. The summed E-state index contributed by atoms with van der Waals surface area (Å²) in [4.78, 5) is 26.1. The highest BCUT2D eigenvalue weighted by atomic mass is 35.5. The second-order valence-electron chi connectivity index (χ2n) is 7.68. The highest BCUT2D eigenvalue weighted by Gasteiger charge is 2.27. The van der Waals surface area contributed by atoms with E-state index in [4.69, 9.17) is 22.3 Å². The minimum Gasteiger partial charge on any atom is -0.381 e. The monoisotopic (exact) mass is 433 g/mol. The molecule has 9 heteroatoms. The highest BCUT2D eigenvalue weighted by molar-refractivity contribution is 6.35. The Morgan fingerprint density at radius 2 is 2.06 bits per heavy atom. The Labute approximate surface area is 183 Å². The number of nitrogens with two attached hydrogens (primary N) is 1. The maximum Gasteiger partial charge on any atom is 0.228 e. The van der Waals surface area contributed by atoms with Gasteiger partial charge in [0.2, 0.25) is 5.91 Å². The van der Waals surface area contributed by atoms with Gasteiger partial charge < -0.3 is 11.1 Å². The summed E-state index contributed by atoms with van der Waals surface area (Å²) in [5, 5.41) is 8.68. The van der Waals surface area contributed by atoms with Crippen molar-refractivity contribution in [3.63, 3.8) is 0 Å². The van der Waals surface area contributed by atoms with Crippen molar-refractivity contribution >= 4 is 40.0 Å². The number of rotatable bonds is 4. The van der Waals surface area contributed by atoms with Crippen LogP contribution in [0.2, 0.25) is 5.02 Å². The quantitative estimate of drug-likeness (QED) is 0.501. The number of nitrogen functional groups attached to an aromatic ring is 1. The summed E-state index contributed by atoms with van der Waals surface area (Å²) in [6, 6.07) is 9.35. The van der Waals surface area contributed by atoms with Crippen molar-refractivity contribution in [2.75, 3.05) is 11.1 Å². The van der Waals surface area contributed by atoms with Crippen LogP contribution in [-0.4, -0.2) is 30.6 Å². The van der Waals surface area contributed by atoms with Gasteiger partial charge in [-0.3, -0.25) is 14.5 Å². The number of hydrogen-bond donors (Lipinski definition) is 2. The van der Waals surface area contributed by atoms with Gasteiger partial charge >= 0.3 is 0 Å². The van der Waals surface area contributed by atoms with E-state index in [2.05, 4.69) is 20.4 Å². The Hall–Kier alpha value is -3.52. The third-order valence-electron chi connectivity index (χ3n) is 5.53. The van der Waals surface area contributed by atoms with E-state index in [0.29, 0.717) is 27.6 Å². The van der Waals surface area contributed by atoms with Crippen LogP contribution in [0.3, 0.4) is 0 Å². The summed E-state index contributed by atoms with van der Waals surface area (Å²) in [5.41, 5.74) is 9.29. The molecule has 4 aromatic rings. The molecule has 3 aromatic heterocycles. The van der Waals surface area contributed by atoms with E-state index in [1.54, 1.807) is 16.9 Å². The molecule has 1 fully saturated rings. The van der Waals surface area contributed by atoms with Crippen LogP contribution in [0.15, 0.2) is 42.7 Å². The molecule has 3 heterocycles. The number of anilines is 2. The van der Waals surface area contributed by atoms with Gasteiger partial charge in [0.05, 0.1) is 10.5 Å². The van der Waals surface area contributed by atoms with Gasteiger partial charge in [-0.2, -0.15) is 5.10 Å². The molecule has 0 bridgehead atoms. The van der Waals surface area contributed by atoms with E-state index in [0.717, 1.165) is 30.2 Å². The van der Waals surface area contributed by atoms with Crippen molar-refractivity contribution in [3.8, 4) is 22.6 Å². The number of halogens is 1. The van der Waals surface area contributed by atoms with Crippen LogP contribution in [0.5, 0.6) is 0 Å². The molecule has 1 saturated carbocycles. The van der Waals surface area contributed by atoms with E-state index >= 15 is 0 Å². The molecular formula is C22H20ClN7O. The smallest absolute Gasteiger partial charge is 0.228 e. The third-order valence-corrected chi connectivity index (χ3v) is 5.82. The van der Waals surface area contributed by atoms with Crippen molar-refractivity contribution in [2.24, 2.45) is 13.0 Å². The van der Waals surface area contributed by atoms with Crippen LogP contribution >= 0.6 is 11.6 Å². The molecule has 1 aromatic carbocycles. The predicted molar refractivity (Wildman–Crippen MR) is 120 cm³/mol. The highest BCUT2D eigenvalue weighted by Crippen LogP contribution is 2.36. The zero-order valence-electron chi connectivity index (χ0n) is 16.8. The van der Waals surface area contributed by atoms with Crippen molar-refractivity contribution in [1.29, 1.82) is 0 Å². The number of carbonyl (C=O) groups is 1. The fourth-order valence-corrected chi connectivity index (χ4v) is 3.91. The summed E-state index contributed by atoms with van der Waals surface area (Å²) in [7, 11) is 1.83. The normalized spacial score (nSPS) is 13.9. The number of carbonyl (C=O) groups excluding carboxylic acids is 1. The van der Waals surface area contributed by atoms with E-state index in [-0.39, 0.29) is 23.5 Å². The van der Waals surface area contributed by atoms with Crippen LogP contribution < -0.4 is 11.1 Å². The molecule has 3 N–H and O–H groups in total. The topological polar surface area (TPSA) is 112 Å². The fourth-order valence-electron chi connectivity index (χ4n) is 3.64. The SMILES string of the molecule is Cn1ccc(-c2nc(N)c(NC(=O)C3CCC3)nc2-c2cc(Cl)c3ncccc3c2)n1. The van der Waals surface area contributed by atoms with Gasteiger partial charge in [0.1, 0.15) is 17.1 Å². The summed E-state index contributed by atoms with van der Waals surface area (Å²) in [5.74, 6) is 0.311.